The molecule has 0 saturated carbocycles. The van der Waals surface area contributed by atoms with E-state index in [2.05, 4.69) is 22.4 Å². The highest BCUT2D eigenvalue weighted by Crippen LogP contribution is 2.18. The zero-order valence-electron chi connectivity index (χ0n) is 11.4. The summed E-state index contributed by atoms with van der Waals surface area (Å²) in [5.41, 5.74) is 0. The van der Waals surface area contributed by atoms with Crippen LogP contribution in [0.1, 0.15) is 31.2 Å². The van der Waals surface area contributed by atoms with E-state index in [9.17, 15) is 9.59 Å². The van der Waals surface area contributed by atoms with E-state index in [0.29, 0.717) is 16.8 Å². The van der Waals surface area contributed by atoms with Gasteiger partial charge in [-0.1, -0.05) is 31.1 Å². The quantitative estimate of drug-likeness (QED) is 0.776. The van der Waals surface area contributed by atoms with Crippen LogP contribution in [0.5, 0.6) is 0 Å². The summed E-state index contributed by atoms with van der Waals surface area (Å²) in [6, 6.07) is 0. The van der Waals surface area contributed by atoms with Crippen molar-refractivity contribution in [3.63, 3.8) is 0 Å². The van der Waals surface area contributed by atoms with Crippen LogP contribution in [0.25, 0.3) is 0 Å². The molecule has 2 heterocycles. The molecule has 0 atom stereocenters. The van der Waals surface area contributed by atoms with Crippen molar-refractivity contribution in [2.24, 2.45) is 0 Å². The minimum Gasteiger partial charge on any atom is -0.323 e. The average Bonchev–Trinajstić information content (AvgIpc) is 3.00. The molecular weight excluding hydrogens is 296 g/mol. The Morgan fingerprint density at radius 2 is 2.25 bits per heavy atom. The molecule has 1 aromatic rings. The van der Waals surface area contributed by atoms with Gasteiger partial charge in [-0.25, -0.2) is 0 Å². The molecule has 2 amide bonds. The Labute approximate surface area is 126 Å². The van der Waals surface area contributed by atoms with E-state index >= 15 is 0 Å². The van der Waals surface area contributed by atoms with E-state index in [4.69, 9.17) is 0 Å². The monoisotopic (exact) mass is 314 g/mol. The summed E-state index contributed by atoms with van der Waals surface area (Å²) < 4.78 is 0. The second kappa shape index (κ2) is 7.58. The zero-order chi connectivity index (χ0) is 14.4. The van der Waals surface area contributed by atoms with Crippen LogP contribution in [0.15, 0.2) is 0 Å². The van der Waals surface area contributed by atoms with Crippen molar-refractivity contribution in [2.75, 3.05) is 23.5 Å². The smallest absolute Gasteiger partial charge is 0.245 e. The van der Waals surface area contributed by atoms with Crippen LogP contribution in [0.3, 0.4) is 0 Å². The van der Waals surface area contributed by atoms with E-state index < -0.39 is 0 Å². The molecule has 0 aliphatic carbocycles. The number of rotatable bonds is 7. The minimum atomic E-state index is -0.211. The summed E-state index contributed by atoms with van der Waals surface area (Å²) in [6.45, 7) is 2.25. The second-order valence-electron chi connectivity index (χ2n) is 4.58. The lowest BCUT2D eigenvalue weighted by atomic mass is 10.2. The summed E-state index contributed by atoms with van der Waals surface area (Å²) in [5.74, 6) is 0.859. The van der Waals surface area contributed by atoms with Gasteiger partial charge in [0.1, 0.15) is 11.6 Å². The van der Waals surface area contributed by atoms with Crippen LogP contribution in [0.2, 0.25) is 0 Å². The maximum atomic E-state index is 11.8. The number of carbonyl (C=O) groups is 2. The molecule has 1 fully saturated rings. The highest BCUT2D eigenvalue weighted by atomic mass is 32.2. The van der Waals surface area contributed by atoms with Gasteiger partial charge in [0.15, 0.2) is 0 Å². The Morgan fingerprint density at radius 1 is 1.40 bits per heavy atom. The van der Waals surface area contributed by atoms with E-state index in [1.807, 2.05) is 0 Å². The van der Waals surface area contributed by atoms with Crippen molar-refractivity contribution in [2.45, 2.75) is 32.6 Å². The maximum absolute atomic E-state index is 11.8. The van der Waals surface area contributed by atoms with Crippen molar-refractivity contribution in [1.29, 1.82) is 0 Å². The third kappa shape index (κ3) is 4.45. The third-order valence-corrected chi connectivity index (χ3v) is 4.71. The van der Waals surface area contributed by atoms with Gasteiger partial charge < -0.3 is 4.90 Å². The number of aryl methyl sites for hydroxylation is 1. The molecule has 0 aromatic carbocycles. The summed E-state index contributed by atoms with van der Waals surface area (Å²) in [5, 5.41) is 12.2. The normalized spacial score (nSPS) is 14.8. The first-order valence-corrected chi connectivity index (χ1v) is 8.64. The van der Waals surface area contributed by atoms with Crippen molar-refractivity contribution in [3.8, 4) is 0 Å². The zero-order valence-corrected chi connectivity index (χ0v) is 13.1. The summed E-state index contributed by atoms with van der Waals surface area (Å²) >= 11 is 2.93. The maximum Gasteiger partial charge on any atom is 0.245 e. The SMILES string of the molecule is CCCCCc1nnc(NC(=O)CN2CSCC2=O)s1. The highest BCUT2D eigenvalue weighted by Gasteiger charge is 2.23. The van der Waals surface area contributed by atoms with Crippen LogP contribution in [-0.2, 0) is 16.0 Å². The van der Waals surface area contributed by atoms with E-state index in [1.54, 1.807) is 4.90 Å². The summed E-state index contributed by atoms with van der Waals surface area (Å²) in [6.07, 6.45) is 4.35. The number of aromatic nitrogens is 2. The number of nitrogens with one attached hydrogen (secondary N) is 1. The van der Waals surface area contributed by atoms with Crippen LogP contribution >= 0.6 is 23.1 Å². The highest BCUT2D eigenvalue weighted by molar-refractivity contribution is 8.00. The minimum absolute atomic E-state index is 0.0164. The number of hydrogen-bond donors (Lipinski definition) is 1. The van der Waals surface area contributed by atoms with Crippen LogP contribution < -0.4 is 5.32 Å². The molecule has 2 rings (SSSR count). The molecule has 1 saturated heterocycles. The van der Waals surface area contributed by atoms with Crippen molar-refractivity contribution in [1.82, 2.24) is 15.1 Å². The number of anilines is 1. The van der Waals surface area contributed by atoms with Gasteiger partial charge in [0.2, 0.25) is 16.9 Å². The Balaban J connectivity index is 1.77. The van der Waals surface area contributed by atoms with Crippen molar-refractivity contribution in [3.05, 3.63) is 5.01 Å². The van der Waals surface area contributed by atoms with Gasteiger partial charge in [-0.15, -0.1) is 22.0 Å². The first kappa shape index (κ1) is 15.2. The first-order chi connectivity index (χ1) is 9.69. The first-order valence-electron chi connectivity index (χ1n) is 6.66. The molecule has 1 N–H and O–H groups in total. The molecular formula is C12H18N4O2S2. The van der Waals surface area contributed by atoms with Gasteiger partial charge >= 0.3 is 0 Å². The summed E-state index contributed by atoms with van der Waals surface area (Å²) in [4.78, 5) is 24.8. The topological polar surface area (TPSA) is 75.2 Å². The number of thioether (sulfide) groups is 1. The molecule has 0 radical (unpaired) electrons. The van der Waals surface area contributed by atoms with Gasteiger partial charge in [0.05, 0.1) is 11.6 Å². The molecule has 6 nitrogen and oxygen atoms in total. The number of nitrogens with zero attached hydrogens (tertiary/aromatic N) is 3. The lowest BCUT2D eigenvalue weighted by molar-refractivity contribution is -0.130. The van der Waals surface area contributed by atoms with Gasteiger partial charge in [0, 0.05) is 6.42 Å². The number of amides is 2. The molecule has 0 bridgehead atoms. The second-order valence-corrected chi connectivity index (χ2v) is 6.59. The van der Waals surface area contributed by atoms with Crippen LogP contribution in [0, 0.1) is 0 Å². The fraction of sp³-hybridized carbons (Fsp3) is 0.667. The molecule has 1 aliphatic rings. The van der Waals surface area contributed by atoms with Gasteiger partial charge in [-0.3, -0.25) is 14.9 Å². The predicted molar refractivity (Wildman–Crippen MR) is 80.8 cm³/mol. The number of carbonyl (C=O) groups excluding carboxylic acids is 2. The molecule has 1 aliphatic heterocycles. The molecule has 110 valence electrons. The van der Waals surface area contributed by atoms with Crippen LogP contribution in [0.4, 0.5) is 5.13 Å². The molecule has 8 heteroatoms. The fourth-order valence-corrected chi connectivity index (χ4v) is 3.51. The Kier molecular flexibility index (Phi) is 5.78. The van der Waals surface area contributed by atoms with E-state index in [0.717, 1.165) is 17.8 Å². The van der Waals surface area contributed by atoms with E-state index in [1.165, 1.54) is 35.9 Å². The predicted octanol–water partition coefficient (Wildman–Crippen LogP) is 1.74. The molecule has 0 spiro atoms. The van der Waals surface area contributed by atoms with Crippen molar-refractivity contribution < 1.29 is 9.59 Å². The number of unbranched alkanes of at least 4 members (excludes halogenated alkanes) is 2. The third-order valence-electron chi connectivity index (χ3n) is 2.87. The van der Waals surface area contributed by atoms with Gasteiger partial charge in [-0.2, -0.15) is 0 Å². The Bertz CT molecular complexity index is 478. The largest absolute Gasteiger partial charge is 0.323 e. The lowest BCUT2D eigenvalue weighted by Gasteiger charge is -2.12. The average molecular weight is 314 g/mol. The van der Waals surface area contributed by atoms with Gasteiger partial charge in [-0.05, 0) is 6.42 Å². The van der Waals surface area contributed by atoms with Gasteiger partial charge in [0.25, 0.3) is 0 Å². The molecule has 0 unspecified atom stereocenters. The summed E-state index contributed by atoms with van der Waals surface area (Å²) in [7, 11) is 0. The molecule has 20 heavy (non-hydrogen) atoms. The standard InChI is InChI=1S/C12H18N4O2S2/c1-2-3-4-5-10-14-15-12(20-10)13-9(17)6-16-8-19-7-11(16)18/h2-8H2,1H3,(H,13,15,17). The number of hydrogen-bond acceptors (Lipinski definition) is 6. The lowest BCUT2D eigenvalue weighted by Crippen LogP contribution is -2.34. The van der Waals surface area contributed by atoms with Crippen molar-refractivity contribution >= 4 is 40.0 Å². The Morgan fingerprint density at radius 3 is 2.95 bits per heavy atom. The fourth-order valence-electron chi connectivity index (χ4n) is 1.80. The van der Waals surface area contributed by atoms with E-state index in [-0.39, 0.29) is 18.4 Å². The van der Waals surface area contributed by atoms with Crippen LogP contribution in [-0.4, -0.2) is 45.1 Å². The molecule has 1 aromatic heterocycles. The Hall–Kier alpha value is -1.15.